The molecule has 100 valence electrons. The quantitative estimate of drug-likeness (QED) is 0.686. The number of hydrogen-bond acceptors (Lipinski definition) is 2. The van der Waals surface area contributed by atoms with Gasteiger partial charge in [-0.2, -0.15) is 13.2 Å². The molecule has 0 saturated heterocycles. The maximum atomic E-state index is 12.6. The molecule has 1 aromatic rings. The number of aliphatic carboxylic acids is 1. The van der Waals surface area contributed by atoms with Crippen molar-refractivity contribution < 1.29 is 31.9 Å². The second kappa shape index (κ2) is 5.05. The van der Waals surface area contributed by atoms with Crippen LogP contribution in [0.4, 0.5) is 22.0 Å². The smallest absolute Gasteiger partial charge is 0.417 e. The topological polar surface area (TPSA) is 50.2 Å². The van der Waals surface area contributed by atoms with Crippen LogP contribution in [0.25, 0.3) is 0 Å². The van der Waals surface area contributed by atoms with Crippen LogP contribution in [0.3, 0.4) is 0 Å². The summed E-state index contributed by atoms with van der Waals surface area (Å²) in [6.45, 7) is 0. The largest absolute Gasteiger partial charge is 0.481 e. The molecule has 0 atom stereocenters. The number of aromatic nitrogens is 1. The minimum absolute atomic E-state index is 0.244. The molecule has 0 bridgehead atoms. The van der Waals surface area contributed by atoms with Gasteiger partial charge in [-0.05, 0) is 6.07 Å². The Morgan fingerprint density at radius 2 is 2.00 bits per heavy atom. The van der Waals surface area contributed by atoms with Gasteiger partial charge in [0.25, 0.3) is 6.43 Å². The zero-order valence-corrected chi connectivity index (χ0v) is 9.19. The Hall–Kier alpha value is -1.44. The Balaban J connectivity index is 3.51. The Bertz CT molecular complexity index is 475. The van der Waals surface area contributed by atoms with Crippen molar-refractivity contribution in [3.8, 4) is 0 Å². The second-order valence-corrected chi connectivity index (χ2v) is 3.61. The first-order valence-electron chi connectivity index (χ1n) is 4.39. The number of carboxylic acid groups (broad SMARTS) is 1. The van der Waals surface area contributed by atoms with Crippen LogP contribution in [0.1, 0.15) is 23.2 Å². The van der Waals surface area contributed by atoms with E-state index in [0.29, 0.717) is 0 Å². The standard InChI is InChI=1S/C9H5ClF5NO2/c10-5-1-3(9(13,14)15)7(8(11)12)4(16-5)2-6(17)18/h1,8H,2H2,(H,17,18). The van der Waals surface area contributed by atoms with E-state index in [1.165, 1.54) is 0 Å². The number of hydrogen-bond donors (Lipinski definition) is 1. The van der Waals surface area contributed by atoms with Gasteiger partial charge in [0, 0.05) is 0 Å². The van der Waals surface area contributed by atoms with Gasteiger partial charge in [0.1, 0.15) is 5.15 Å². The summed E-state index contributed by atoms with van der Waals surface area (Å²) in [6, 6.07) is 0.244. The zero-order valence-electron chi connectivity index (χ0n) is 8.43. The Morgan fingerprint density at radius 1 is 1.44 bits per heavy atom. The molecule has 18 heavy (non-hydrogen) atoms. The van der Waals surface area contributed by atoms with Crippen LogP contribution in [0.15, 0.2) is 6.07 Å². The molecule has 0 aliphatic rings. The molecule has 0 amide bonds. The normalized spacial score (nSPS) is 11.9. The van der Waals surface area contributed by atoms with Crippen molar-refractivity contribution in [2.45, 2.75) is 19.0 Å². The highest BCUT2D eigenvalue weighted by atomic mass is 35.5. The van der Waals surface area contributed by atoms with Crippen LogP contribution in [0, 0.1) is 0 Å². The first-order chi connectivity index (χ1) is 8.12. The summed E-state index contributed by atoms with van der Waals surface area (Å²) in [4.78, 5) is 13.6. The first kappa shape index (κ1) is 14.6. The molecule has 1 aromatic heterocycles. The lowest BCUT2D eigenvalue weighted by molar-refractivity contribution is -0.140. The fourth-order valence-corrected chi connectivity index (χ4v) is 1.54. The summed E-state index contributed by atoms with van der Waals surface area (Å²) in [5.41, 5.74) is -4.01. The van der Waals surface area contributed by atoms with Crippen molar-refractivity contribution in [1.82, 2.24) is 4.98 Å². The lowest BCUT2D eigenvalue weighted by Crippen LogP contribution is -2.15. The maximum absolute atomic E-state index is 12.6. The molecule has 0 aliphatic carbocycles. The monoisotopic (exact) mass is 289 g/mol. The number of alkyl halides is 5. The SMILES string of the molecule is O=C(O)Cc1nc(Cl)cc(C(F)(F)F)c1C(F)F. The van der Waals surface area contributed by atoms with Crippen LogP contribution in [-0.2, 0) is 17.4 Å². The lowest BCUT2D eigenvalue weighted by Gasteiger charge is -2.15. The van der Waals surface area contributed by atoms with Gasteiger partial charge in [-0.1, -0.05) is 11.6 Å². The van der Waals surface area contributed by atoms with E-state index in [1.807, 2.05) is 0 Å². The third-order valence-electron chi connectivity index (χ3n) is 1.95. The molecule has 0 spiro atoms. The van der Waals surface area contributed by atoms with E-state index in [0.717, 1.165) is 0 Å². The third kappa shape index (κ3) is 3.28. The summed E-state index contributed by atoms with van der Waals surface area (Å²) >= 11 is 5.27. The van der Waals surface area contributed by atoms with Crippen molar-refractivity contribution in [1.29, 1.82) is 0 Å². The van der Waals surface area contributed by atoms with Gasteiger partial charge in [-0.3, -0.25) is 4.79 Å². The molecule has 1 heterocycles. The van der Waals surface area contributed by atoms with E-state index in [1.54, 1.807) is 0 Å². The fraction of sp³-hybridized carbons (Fsp3) is 0.333. The number of carboxylic acids is 1. The molecule has 0 aliphatic heterocycles. The number of halogens is 6. The van der Waals surface area contributed by atoms with Crippen LogP contribution in [0.2, 0.25) is 5.15 Å². The Morgan fingerprint density at radius 3 is 2.39 bits per heavy atom. The molecule has 3 nitrogen and oxygen atoms in total. The minimum Gasteiger partial charge on any atom is -0.481 e. The van der Waals surface area contributed by atoms with Gasteiger partial charge in [-0.15, -0.1) is 0 Å². The lowest BCUT2D eigenvalue weighted by atomic mass is 10.0. The minimum atomic E-state index is -5.06. The number of pyridine rings is 1. The second-order valence-electron chi connectivity index (χ2n) is 3.22. The van der Waals surface area contributed by atoms with Crippen LogP contribution >= 0.6 is 11.6 Å². The van der Waals surface area contributed by atoms with Crippen molar-refractivity contribution in [2.24, 2.45) is 0 Å². The van der Waals surface area contributed by atoms with Crippen molar-refractivity contribution in [3.05, 3.63) is 28.0 Å². The molecular formula is C9H5ClF5NO2. The van der Waals surface area contributed by atoms with Crippen molar-refractivity contribution >= 4 is 17.6 Å². The van der Waals surface area contributed by atoms with E-state index >= 15 is 0 Å². The van der Waals surface area contributed by atoms with Gasteiger partial charge in [0.2, 0.25) is 0 Å². The number of nitrogens with zero attached hydrogens (tertiary/aromatic N) is 1. The highest BCUT2D eigenvalue weighted by molar-refractivity contribution is 6.29. The van der Waals surface area contributed by atoms with Gasteiger partial charge in [-0.25, -0.2) is 13.8 Å². The highest BCUT2D eigenvalue weighted by Gasteiger charge is 2.38. The van der Waals surface area contributed by atoms with Crippen molar-refractivity contribution in [2.75, 3.05) is 0 Å². The zero-order chi connectivity index (χ0) is 14.1. The van der Waals surface area contributed by atoms with Crippen LogP contribution in [0.5, 0.6) is 0 Å². The van der Waals surface area contributed by atoms with Gasteiger partial charge >= 0.3 is 12.1 Å². The van der Waals surface area contributed by atoms with E-state index in [2.05, 4.69) is 4.98 Å². The molecule has 0 fully saturated rings. The molecule has 0 aromatic carbocycles. The predicted octanol–water partition coefficient (Wildman–Crippen LogP) is 3.32. The average Bonchev–Trinajstić information content (AvgIpc) is 2.13. The van der Waals surface area contributed by atoms with E-state index in [9.17, 15) is 26.7 Å². The Labute approximate surface area is 102 Å². The highest BCUT2D eigenvalue weighted by Crippen LogP contribution is 2.38. The molecule has 1 N–H and O–H groups in total. The summed E-state index contributed by atoms with van der Waals surface area (Å²) in [5, 5.41) is 7.76. The average molecular weight is 290 g/mol. The van der Waals surface area contributed by atoms with Crippen molar-refractivity contribution in [3.63, 3.8) is 0 Å². The fourth-order valence-electron chi connectivity index (χ4n) is 1.33. The van der Waals surface area contributed by atoms with Gasteiger partial charge in [0.15, 0.2) is 0 Å². The maximum Gasteiger partial charge on any atom is 0.417 e. The molecule has 0 unspecified atom stereocenters. The molecule has 0 saturated carbocycles. The molecule has 0 radical (unpaired) electrons. The summed E-state index contributed by atoms with van der Waals surface area (Å²) in [6.07, 6.45) is -9.63. The summed E-state index contributed by atoms with van der Waals surface area (Å²) < 4.78 is 62.9. The van der Waals surface area contributed by atoms with E-state index < -0.39 is 47.0 Å². The van der Waals surface area contributed by atoms with E-state index in [-0.39, 0.29) is 6.07 Å². The summed E-state index contributed by atoms with van der Waals surface area (Å²) in [5.74, 6) is -1.58. The molecule has 9 heteroatoms. The van der Waals surface area contributed by atoms with Gasteiger partial charge < -0.3 is 5.11 Å². The first-order valence-corrected chi connectivity index (χ1v) is 4.77. The van der Waals surface area contributed by atoms with Gasteiger partial charge in [0.05, 0.1) is 23.2 Å². The number of carbonyl (C=O) groups is 1. The van der Waals surface area contributed by atoms with Crippen LogP contribution < -0.4 is 0 Å². The van der Waals surface area contributed by atoms with Crippen LogP contribution in [-0.4, -0.2) is 16.1 Å². The number of rotatable bonds is 3. The molecule has 1 rings (SSSR count). The Kier molecular flexibility index (Phi) is 4.10. The third-order valence-corrected chi connectivity index (χ3v) is 2.14. The summed E-state index contributed by atoms with van der Waals surface area (Å²) in [7, 11) is 0. The molecular weight excluding hydrogens is 285 g/mol. The van der Waals surface area contributed by atoms with E-state index in [4.69, 9.17) is 16.7 Å². The predicted molar refractivity (Wildman–Crippen MR) is 50.5 cm³/mol.